The molecule has 0 spiro atoms. The molecule has 2 nitrogen and oxygen atoms in total. The smallest absolute Gasteiger partial charge is 0.314 e. The van der Waals surface area contributed by atoms with E-state index in [1.807, 2.05) is 0 Å². The van der Waals surface area contributed by atoms with Crippen LogP contribution in [0.4, 0.5) is 22.0 Å². The predicted octanol–water partition coefficient (Wildman–Crippen LogP) is 3.15. The largest absolute Gasteiger partial charge is 0.419 e. The van der Waals surface area contributed by atoms with Crippen LogP contribution in [-0.4, -0.2) is 37.8 Å². The zero-order chi connectivity index (χ0) is 15.5. The summed E-state index contributed by atoms with van der Waals surface area (Å²) in [6, 6.07) is 2.52. The standard InChI is InChI=1S/C14H17F5N2/c15-5-4-12(21-8-6-20-7-9-21)10-2-1-3-11(16)13(10)14(17,18)19/h1-3,12,20H,4-9H2/t12-/m0/s1. The summed E-state index contributed by atoms with van der Waals surface area (Å²) in [5.74, 6) is -1.31. The highest BCUT2D eigenvalue weighted by molar-refractivity contribution is 5.34. The molecule has 1 fully saturated rings. The van der Waals surface area contributed by atoms with Gasteiger partial charge in [0.25, 0.3) is 0 Å². The number of piperazine rings is 1. The normalized spacial score (nSPS) is 18.7. The Bertz CT molecular complexity index is 469. The zero-order valence-electron chi connectivity index (χ0n) is 11.4. The second kappa shape index (κ2) is 6.70. The summed E-state index contributed by atoms with van der Waals surface area (Å²) in [6.45, 7) is 1.53. The lowest BCUT2D eigenvalue weighted by Crippen LogP contribution is -2.45. The molecule has 1 aliphatic heterocycles. The number of hydrogen-bond donors (Lipinski definition) is 1. The van der Waals surface area contributed by atoms with Gasteiger partial charge in [0.1, 0.15) is 5.82 Å². The third-order valence-corrected chi connectivity index (χ3v) is 3.66. The van der Waals surface area contributed by atoms with Crippen LogP contribution < -0.4 is 5.32 Å². The van der Waals surface area contributed by atoms with Gasteiger partial charge in [0.2, 0.25) is 0 Å². The van der Waals surface area contributed by atoms with Crippen LogP contribution in [0.3, 0.4) is 0 Å². The van der Waals surface area contributed by atoms with Gasteiger partial charge < -0.3 is 5.32 Å². The maximum absolute atomic E-state index is 13.7. The molecule has 1 atom stereocenters. The Balaban J connectivity index is 2.42. The molecule has 0 bridgehead atoms. The number of halogens is 5. The van der Waals surface area contributed by atoms with E-state index in [1.165, 1.54) is 12.1 Å². The quantitative estimate of drug-likeness (QED) is 0.860. The first-order chi connectivity index (χ1) is 9.95. The number of nitrogens with one attached hydrogen (secondary N) is 1. The molecule has 1 N–H and O–H groups in total. The first kappa shape index (κ1) is 16.2. The molecule has 118 valence electrons. The van der Waals surface area contributed by atoms with Gasteiger partial charge in [-0.3, -0.25) is 9.29 Å². The monoisotopic (exact) mass is 308 g/mol. The van der Waals surface area contributed by atoms with Crippen molar-refractivity contribution < 1.29 is 22.0 Å². The topological polar surface area (TPSA) is 15.3 Å². The third kappa shape index (κ3) is 3.71. The number of benzene rings is 1. The van der Waals surface area contributed by atoms with E-state index in [9.17, 15) is 22.0 Å². The summed E-state index contributed by atoms with van der Waals surface area (Å²) in [5, 5.41) is 3.09. The molecule has 1 heterocycles. The van der Waals surface area contributed by atoms with E-state index in [0.717, 1.165) is 6.07 Å². The number of hydrogen-bond acceptors (Lipinski definition) is 2. The van der Waals surface area contributed by atoms with Gasteiger partial charge in [-0.2, -0.15) is 13.2 Å². The van der Waals surface area contributed by atoms with Crippen LogP contribution >= 0.6 is 0 Å². The Hall–Kier alpha value is -1.21. The van der Waals surface area contributed by atoms with Gasteiger partial charge in [-0.25, -0.2) is 4.39 Å². The van der Waals surface area contributed by atoms with Crippen molar-refractivity contribution in [3.63, 3.8) is 0 Å². The van der Waals surface area contributed by atoms with E-state index in [2.05, 4.69) is 5.32 Å². The predicted molar refractivity (Wildman–Crippen MR) is 69.2 cm³/mol. The molecule has 0 saturated carbocycles. The molecule has 1 aromatic carbocycles. The summed E-state index contributed by atoms with van der Waals surface area (Å²) in [4.78, 5) is 1.78. The highest BCUT2D eigenvalue weighted by Crippen LogP contribution is 2.39. The third-order valence-electron chi connectivity index (χ3n) is 3.66. The van der Waals surface area contributed by atoms with E-state index >= 15 is 0 Å². The fourth-order valence-corrected chi connectivity index (χ4v) is 2.75. The Morgan fingerprint density at radius 1 is 1.19 bits per heavy atom. The number of rotatable bonds is 4. The minimum Gasteiger partial charge on any atom is -0.314 e. The van der Waals surface area contributed by atoms with E-state index in [-0.39, 0.29) is 12.0 Å². The van der Waals surface area contributed by atoms with Gasteiger partial charge >= 0.3 is 6.18 Å². The van der Waals surface area contributed by atoms with E-state index in [1.54, 1.807) is 4.90 Å². The van der Waals surface area contributed by atoms with Crippen LogP contribution in [0.5, 0.6) is 0 Å². The second-order valence-electron chi connectivity index (χ2n) is 4.98. The molecule has 7 heteroatoms. The van der Waals surface area contributed by atoms with Gasteiger partial charge in [-0.15, -0.1) is 0 Å². The maximum Gasteiger partial charge on any atom is 0.419 e. The zero-order valence-corrected chi connectivity index (χ0v) is 11.4. The van der Waals surface area contributed by atoms with Gasteiger partial charge in [-0.1, -0.05) is 12.1 Å². The van der Waals surface area contributed by atoms with Crippen molar-refractivity contribution >= 4 is 0 Å². The van der Waals surface area contributed by atoms with Crippen LogP contribution in [0.25, 0.3) is 0 Å². The first-order valence-electron chi connectivity index (χ1n) is 6.81. The summed E-state index contributed by atoms with van der Waals surface area (Å²) in [5.41, 5.74) is -1.45. The summed E-state index contributed by atoms with van der Waals surface area (Å²) in [7, 11) is 0. The van der Waals surface area contributed by atoms with Crippen molar-refractivity contribution in [3.05, 3.63) is 35.1 Å². The van der Waals surface area contributed by atoms with E-state index < -0.39 is 30.3 Å². The highest BCUT2D eigenvalue weighted by atomic mass is 19.4. The van der Waals surface area contributed by atoms with Gasteiger partial charge in [0.15, 0.2) is 0 Å². The van der Waals surface area contributed by atoms with Crippen molar-refractivity contribution in [2.24, 2.45) is 0 Å². The average Bonchev–Trinajstić information content (AvgIpc) is 2.44. The average molecular weight is 308 g/mol. The highest BCUT2D eigenvalue weighted by Gasteiger charge is 2.39. The Labute approximate surface area is 119 Å². The number of nitrogens with zero attached hydrogens (tertiary/aromatic N) is 1. The van der Waals surface area contributed by atoms with E-state index in [4.69, 9.17) is 0 Å². The van der Waals surface area contributed by atoms with Crippen molar-refractivity contribution in [1.82, 2.24) is 10.2 Å². The van der Waals surface area contributed by atoms with Crippen molar-refractivity contribution in [3.8, 4) is 0 Å². The number of alkyl halides is 4. The van der Waals surface area contributed by atoms with Gasteiger partial charge in [-0.05, 0) is 18.1 Å². The second-order valence-corrected chi connectivity index (χ2v) is 4.98. The first-order valence-corrected chi connectivity index (χ1v) is 6.81. The summed E-state index contributed by atoms with van der Waals surface area (Å²) >= 11 is 0. The molecule has 0 radical (unpaired) electrons. The van der Waals surface area contributed by atoms with E-state index in [0.29, 0.717) is 26.2 Å². The van der Waals surface area contributed by atoms with Crippen molar-refractivity contribution in [1.29, 1.82) is 0 Å². The van der Waals surface area contributed by atoms with Crippen molar-refractivity contribution in [2.45, 2.75) is 18.6 Å². The van der Waals surface area contributed by atoms with Gasteiger partial charge in [0.05, 0.1) is 12.2 Å². The van der Waals surface area contributed by atoms with Crippen LogP contribution in [0.1, 0.15) is 23.6 Å². The van der Waals surface area contributed by atoms with Crippen LogP contribution in [0.15, 0.2) is 18.2 Å². The minimum absolute atomic E-state index is 0.0769. The fraction of sp³-hybridized carbons (Fsp3) is 0.571. The summed E-state index contributed by atoms with van der Waals surface area (Å²) in [6.07, 6.45) is -4.87. The Morgan fingerprint density at radius 3 is 2.43 bits per heavy atom. The molecule has 0 aliphatic carbocycles. The lowest BCUT2D eigenvalue weighted by Gasteiger charge is -2.36. The Kier molecular flexibility index (Phi) is 5.16. The van der Waals surface area contributed by atoms with Gasteiger partial charge in [0, 0.05) is 32.2 Å². The molecule has 1 aromatic rings. The molecular weight excluding hydrogens is 291 g/mol. The SMILES string of the molecule is FCC[C@@H](c1cccc(F)c1C(F)(F)F)N1CCNCC1. The molecule has 0 amide bonds. The summed E-state index contributed by atoms with van der Waals surface area (Å²) < 4.78 is 65.8. The Morgan fingerprint density at radius 2 is 1.86 bits per heavy atom. The molecule has 0 aromatic heterocycles. The molecule has 0 unspecified atom stereocenters. The van der Waals surface area contributed by atoms with Crippen LogP contribution in [-0.2, 0) is 6.18 Å². The fourth-order valence-electron chi connectivity index (χ4n) is 2.75. The lowest BCUT2D eigenvalue weighted by atomic mass is 9.95. The molecule has 1 saturated heterocycles. The molecule has 1 aliphatic rings. The van der Waals surface area contributed by atoms with Crippen LogP contribution in [0.2, 0.25) is 0 Å². The molecule has 2 rings (SSSR count). The van der Waals surface area contributed by atoms with Crippen LogP contribution in [0, 0.1) is 5.82 Å². The molecular formula is C14H17F5N2. The minimum atomic E-state index is -4.79. The molecule has 21 heavy (non-hydrogen) atoms. The maximum atomic E-state index is 13.7. The van der Waals surface area contributed by atoms with Crippen molar-refractivity contribution in [2.75, 3.05) is 32.9 Å². The lowest BCUT2D eigenvalue weighted by molar-refractivity contribution is -0.141.